The van der Waals surface area contributed by atoms with Crippen molar-refractivity contribution in [2.75, 3.05) is 13.4 Å². The van der Waals surface area contributed by atoms with Crippen LogP contribution in [-0.4, -0.2) is 29.3 Å². The Bertz CT molecular complexity index is 847. The third-order valence-electron chi connectivity index (χ3n) is 3.10. The van der Waals surface area contributed by atoms with Crippen LogP contribution in [0, 0.1) is 5.82 Å². The fraction of sp³-hybridized carbons (Fsp3) is 0.133. The molecule has 22 heavy (non-hydrogen) atoms. The highest BCUT2D eigenvalue weighted by Gasteiger charge is 2.22. The fourth-order valence-corrected chi connectivity index (χ4v) is 3.49. The van der Waals surface area contributed by atoms with Crippen molar-refractivity contribution in [2.45, 2.75) is 5.16 Å². The van der Waals surface area contributed by atoms with Gasteiger partial charge in [-0.3, -0.25) is 0 Å². The second kappa shape index (κ2) is 6.02. The molecule has 0 aliphatic carbocycles. The van der Waals surface area contributed by atoms with Gasteiger partial charge in [-0.05, 0) is 24.0 Å². The average Bonchev–Trinajstić information content (AvgIpc) is 2.93. The van der Waals surface area contributed by atoms with Crippen LogP contribution in [0.3, 0.4) is 0 Å². The summed E-state index contributed by atoms with van der Waals surface area (Å²) in [5.41, 5.74) is 2.06. The molecule has 2 aromatic heterocycles. The highest BCUT2D eigenvalue weighted by atomic mass is 32.2. The molecule has 4 nitrogen and oxygen atoms in total. The van der Waals surface area contributed by atoms with Crippen molar-refractivity contribution in [3.63, 3.8) is 0 Å². The summed E-state index contributed by atoms with van der Waals surface area (Å²) < 4.78 is 18.8. The molecule has 0 saturated heterocycles. The largest absolute Gasteiger partial charge is 0.465 e. The quantitative estimate of drug-likeness (QED) is 0.411. The number of ether oxygens (including phenoxy) is 1. The van der Waals surface area contributed by atoms with Gasteiger partial charge in [0.25, 0.3) is 0 Å². The number of carbonyl (C=O) groups is 1. The summed E-state index contributed by atoms with van der Waals surface area (Å²) in [6.07, 6.45) is 3.57. The van der Waals surface area contributed by atoms with Crippen molar-refractivity contribution < 1.29 is 13.9 Å². The molecular weight excluding hydrogens is 323 g/mol. The summed E-state index contributed by atoms with van der Waals surface area (Å²) in [7, 11) is 1.33. The Hall–Kier alpha value is -1.99. The van der Waals surface area contributed by atoms with E-state index in [1.165, 1.54) is 42.3 Å². The Morgan fingerprint density at radius 3 is 2.68 bits per heavy atom. The maximum atomic E-state index is 13.2. The molecule has 0 unspecified atom stereocenters. The van der Waals surface area contributed by atoms with Crippen molar-refractivity contribution in [1.82, 2.24) is 9.97 Å². The summed E-state index contributed by atoms with van der Waals surface area (Å²) >= 11 is 2.69. The van der Waals surface area contributed by atoms with E-state index in [1.807, 2.05) is 6.26 Å². The zero-order valence-electron chi connectivity index (χ0n) is 11.8. The molecule has 3 rings (SSSR count). The lowest BCUT2D eigenvalue weighted by Crippen LogP contribution is -2.00. The van der Waals surface area contributed by atoms with E-state index in [2.05, 4.69) is 9.97 Å². The maximum Gasteiger partial charge on any atom is 0.348 e. The Kier molecular flexibility index (Phi) is 4.08. The van der Waals surface area contributed by atoms with Gasteiger partial charge < -0.3 is 4.74 Å². The van der Waals surface area contributed by atoms with E-state index in [4.69, 9.17) is 4.74 Å². The van der Waals surface area contributed by atoms with Crippen molar-refractivity contribution in [2.24, 2.45) is 0 Å². The van der Waals surface area contributed by atoms with Gasteiger partial charge in [0.2, 0.25) is 0 Å². The van der Waals surface area contributed by atoms with E-state index in [0.29, 0.717) is 21.1 Å². The maximum absolute atomic E-state index is 13.2. The van der Waals surface area contributed by atoms with Gasteiger partial charge in [-0.25, -0.2) is 19.2 Å². The van der Waals surface area contributed by atoms with Crippen LogP contribution >= 0.6 is 23.1 Å². The summed E-state index contributed by atoms with van der Waals surface area (Å²) in [5, 5.41) is 0.616. The first-order valence-electron chi connectivity index (χ1n) is 6.32. The Balaban J connectivity index is 2.31. The van der Waals surface area contributed by atoms with Gasteiger partial charge in [-0.1, -0.05) is 23.9 Å². The molecule has 112 valence electrons. The minimum Gasteiger partial charge on any atom is -0.465 e. The smallest absolute Gasteiger partial charge is 0.348 e. The van der Waals surface area contributed by atoms with Crippen LogP contribution in [0.2, 0.25) is 0 Å². The van der Waals surface area contributed by atoms with Gasteiger partial charge in [0.15, 0.2) is 5.16 Å². The number of halogens is 1. The van der Waals surface area contributed by atoms with Crippen LogP contribution < -0.4 is 0 Å². The lowest BCUT2D eigenvalue weighted by Gasteiger charge is -2.04. The third-order valence-corrected chi connectivity index (χ3v) is 4.75. The first kappa shape index (κ1) is 14.9. The number of benzene rings is 1. The fourth-order valence-electron chi connectivity index (χ4n) is 2.10. The molecule has 0 aliphatic heterocycles. The van der Waals surface area contributed by atoms with Crippen molar-refractivity contribution in [3.05, 3.63) is 41.2 Å². The zero-order chi connectivity index (χ0) is 15.7. The molecule has 0 amide bonds. The number of thioether (sulfide) groups is 1. The predicted molar refractivity (Wildman–Crippen MR) is 85.9 cm³/mol. The number of methoxy groups -OCH3 is 1. The zero-order valence-corrected chi connectivity index (χ0v) is 13.4. The van der Waals surface area contributed by atoms with Gasteiger partial charge in [0.05, 0.1) is 17.3 Å². The summed E-state index contributed by atoms with van der Waals surface area (Å²) in [6.45, 7) is 0. The number of aromatic nitrogens is 2. The summed E-state index contributed by atoms with van der Waals surface area (Å²) in [4.78, 5) is 21.2. The first-order valence-corrected chi connectivity index (χ1v) is 8.36. The third kappa shape index (κ3) is 2.57. The van der Waals surface area contributed by atoms with Gasteiger partial charge in [-0.2, -0.15) is 0 Å². The average molecular weight is 334 g/mol. The van der Waals surface area contributed by atoms with E-state index in [0.717, 1.165) is 10.3 Å². The SMILES string of the molecule is COC(=O)c1sc2cnc(SC)nc2c1-c1ccc(F)cc1. The van der Waals surface area contributed by atoms with Crippen LogP contribution in [0.4, 0.5) is 4.39 Å². The van der Waals surface area contributed by atoms with Gasteiger partial charge in [-0.15, -0.1) is 11.3 Å². The van der Waals surface area contributed by atoms with Crippen LogP contribution in [-0.2, 0) is 4.74 Å². The van der Waals surface area contributed by atoms with Crippen molar-refractivity contribution >= 4 is 39.3 Å². The molecule has 2 heterocycles. The first-order chi connectivity index (χ1) is 10.6. The molecule has 0 spiro atoms. The van der Waals surface area contributed by atoms with Crippen LogP contribution in [0.25, 0.3) is 21.3 Å². The molecular formula is C15H11FN2O2S2. The van der Waals surface area contributed by atoms with E-state index in [9.17, 15) is 9.18 Å². The molecule has 0 aliphatic rings. The minimum atomic E-state index is -0.437. The molecule has 3 aromatic rings. The molecule has 0 atom stereocenters. The van der Waals surface area contributed by atoms with Gasteiger partial charge in [0, 0.05) is 11.8 Å². The Morgan fingerprint density at radius 1 is 1.32 bits per heavy atom. The molecule has 0 N–H and O–H groups in total. The van der Waals surface area contributed by atoms with Crippen molar-refractivity contribution in [1.29, 1.82) is 0 Å². The standard InChI is InChI=1S/C15H11FN2O2S2/c1-20-14(19)13-11(8-3-5-9(16)6-4-8)12-10(22-13)7-17-15(18-12)21-2/h3-7H,1-2H3. The molecule has 0 saturated carbocycles. The number of carbonyl (C=O) groups excluding carboxylic acids is 1. The van der Waals surface area contributed by atoms with Crippen LogP contribution in [0.5, 0.6) is 0 Å². The van der Waals surface area contributed by atoms with E-state index >= 15 is 0 Å². The van der Waals surface area contributed by atoms with Crippen LogP contribution in [0.15, 0.2) is 35.6 Å². The number of fused-ring (bicyclic) bond motifs is 1. The van der Waals surface area contributed by atoms with Gasteiger partial charge in [0.1, 0.15) is 10.7 Å². The molecule has 7 heteroatoms. The van der Waals surface area contributed by atoms with E-state index in [-0.39, 0.29) is 5.82 Å². The number of hydrogen-bond acceptors (Lipinski definition) is 6. The highest BCUT2D eigenvalue weighted by Crippen LogP contribution is 2.38. The second-order valence-electron chi connectivity index (χ2n) is 4.37. The summed E-state index contributed by atoms with van der Waals surface area (Å²) in [6, 6.07) is 5.97. The molecule has 0 radical (unpaired) electrons. The lowest BCUT2D eigenvalue weighted by atomic mass is 10.1. The topological polar surface area (TPSA) is 52.1 Å². The second-order valence-corrected chi connectivity index (χ2v) is 6.20. The molecule has 1 aromatic carbocycles. The minimum absolute atomic E-state index is 0.331. The van der Waals surface area contributed by atoms with Crippen LogP contribution in [0.1, 0.15) is 9.67 Å². The normalized spacial score (nSPS) is 10.9. The Labute approximate surface area is 134 Å². The number of esters is 1. The number of hydrogen-bond donors (Lipinski definition) is 0. The highest BCUT2D eigenvalue weighted by molar-refractivity contribution is 7.98. The Morgan fingerprint density at radius 2 is 2.05 bits per heavy atom. The summed E-state index contributed by atoms with van der Waals surface area (Å²) in [5.74, 6) is -0.768. The monoisotopic (exact) mass is 334 g/mol. The predicted octanol–water partition coefficient (Wildman–Crippen LogP) is 4.01. The van der Waals surface area contributed by atoms with Crippen molar-refractivity contribution in [3.8, 4) is 11.1 Å². The number of thiophene rings is 1. The molecule has 0 fully saturated rings. The van der Waals surface area contributed by atoms with Gasteiger partial charge >= 0.3 is 5.97 Å². The van der Waals surface area contributed by atoms with E-state index in [1.54, 1.807) is 18.3 Å². The number of nitrogens with zero attached hydrogens (tertiary/aromatic N) is 2. The molecule has 0 bridgehead atoms. The van der Waals surface area contributed by atoms with E-state index < -0.39 is 5.97 Å². The lowest BCUT2D eigenvalue weighted by molar-refractivity contribution is 0.0607. The number of rotatable bonds is 3.